The molecule has 0 bridgehead atoms. The average Bonchev–Trinajstić information content (AvgIpc) is 2.81. The van der Waals surface area contributed by atoms with Gasteiger partial charge in [0.1, 0.15) is 0 Å². The molecule has 2 heteroatoms. The summed E-state index contributed by atoms with van der Waals surface area (Å²) in [6, 6.07) is 6.30. The van der Waals surface area contributed by atoms with Gasteiger partial charge in [0.2, 0.25) is 0 Å². The van der Waals surface area contributed by atoms with Crippen LogP contribution in [0.1, 0.15) is 24.8 Å². The van der Waals surface area contributed by atoms with Crippen LogP contribution in [-0.4, -0.2) is 4.98 Å². The molecule has 0 saturated heterocycles. The van der Waals surface area contributed by atoms with E-state index in [2.05, 4.69) is 11.1 Å². The normalized spacial score (nSPS) is 32.5. The molecular weight excluding hydrogens is 148 g/mol. The van der Waals surface area contributed by atoms with E-state index in [0.29, 0.717) is 5.92 Å². The van der Waals surface area contributed by atoms with Crippen molar-refractivity contribution in [3.63, 3.8) is 0 Å². The summed E-state index contributed by atoms with van der Waals surface area (Å²) < 4.78 is 0. The molecule has 0 spiro atoms. The van der Waals surface area contributed by atoms with Gasteiger partial charge < -0.3 is 0 Å². The topological polar surface area (TPSA) is 36.7 Å². The second-order valence-electron chi connectivity index (χ2n) is 3.57. The van der Waals surface area contributed by atoms with E-state index in [4.69, 9.17) is 5.26 Å². The molecule has 2 rings (SSSR count). The molecule has 1 fully saturated rings. The Balaban J connectivity index is 2.23. The number of pyridine rings is 1. The first-order valence-electron chi connectivity index (χ1n) is 4.07. The zero-order valence-corrected chi connectivity index (χ0v) is 6.99. The Morgan fingerprint density at radius 3 is 3.08 bits per heavy atom. The van der Waals surface area contributed by atoms with Crippen molar-refractivity contribution in [1.29, 1.82) is 5.26 Å². The molecule has 12 heavy (non-hydrogen) atoms. The zero-order chi connectivity index (χ0) is 8.60. The second-order valence-corrected chi connectivity index (χ2v) is 3.57. The van der Waals surface area contributed by atoms with Crippen LogP contribution < -0.4 is 0 Å². The van der Waals surface area contributed by atoms with Crippen LogP contribution in [0.2, 0.25) is 0 Å². The molecule has 0 amide bonds. The predicted molar refractivity (Wildman–Crippen MR) is 45.3 cm³/mol. The summed E-state index contributed by atoms with van der Waals surface area (Å²) in [6.45, 7) is 2.00. The Kier molecular flexibility index (Phi) is 1.41. The number of rotatable bonds is 1. The van der Waals surface area contributed by atoms with Crippen molar-refractivity contribution in [2.45, 2.75) is 19.3 Å². The summed E-state index contributed by atoms with van der Waals surface area (Å²) in [4.78, 5) is 4.04. The van der Waals surface area contributed by atoms with Gasteiger partial charge in [0.05, 0.1) is 11.5 Å². The van der Waals surface area contributed by atoms with Crippen molar-refractivity contribution in [2.24, 2.45) is 5.41 Å². The van der Waals surface area contributed by atoms with Crippen molar-refractivity contribution in [3.05, 3.63) is 30.1 Å². The van der Waals surface area contributed by atoms with Crippen LogP contribution in [0.15, 0.2) is 24.5 Å². The third kappa shape index (κ3) is 0.984. The quantitative estimate of drug-likeness (QED) is 0.627. The maximum Gasteiger partial charge on any atom is 0.0693 e. The van der Waals surface area contributed by atoms with Crippen molar-refractivity contribution in [1.82, 2.24) is 4.98 Å². The minimum Gasteiger partial charge on any atom is -0.264 e. The standard InChI is InChI=1S/C10H10N2/c1-10(7-11)5-9(10)8-3-2-4-12-6-8/h2-4,6,9H,5H2,1H3. The van der Waals surface area contributed by atoms with Crippen molar-refractivity contribution >= 4 is 0 Å². The summed E-state index contributed by atoms with van der Waals surface area (Å²) in [5.74, 6) is 0.413. The van der Waals surface area contributed by atoms with E-state index in [9.17, 15) is 0 Å². The lowest BCUT2D eigenvalue weighted by molar-refractivity contribution is 0.726. The van der Waals surface area contributed by atoms with Crippen LogP contribution in [0.4, 0.5) is 0 Å². The van der Waals surface area contributed by atoms with Crippen molar-refractivity contribution < 1.29 is 0 Å². The lowest BCUT2D eigenvalue weighted by Gasteiger charge is -1.99. The summed E-state index contributed by atoms with van der Waals surface area (Å²) in [5, 5.41) is 8.83. The van der Waals surface area contributed by atoms with Gasteiger partial charge in [-0.25, -0.2) is 0 Å². The fourth-order valence-electron chi connectivity index (χ4n) is 1.56. The Labute approximate surface area is 71.9 Å². The van der Waals surface area contributed by atoms with E-state index in [0.717, 1.165) is 6.42 Å². The smallest absolute Gasteiger partial charge is 0.0693 e. The molecule has 0 radical (unpaired) electrons. The Morgan fingerprint density at radius 2 is 2.58 bits per heavy atom. The molecule has 0 aliphatic heterocycles. The summed E-state index contributed by atoms with van der Waals surface area (Å²) in [5.41, 5.74) is 1.07. The lowest BCUT2D eigenvalue weighted by atomic mass is 10.0. The van der Waals surface area contributed by atoms with Gasteiger partial charge in [0, 0.05) is 18.3 Å². The van der Waals surface area contributed by atoms with Crippen LogP contribution >= 0.6 is 0 Å². The summed E-state index contributed by atoms with van der Waals surface area (Å²) >= 11 is 0. The Morgan fingerprint density at radius 1 is 1.75 bits per heavy atom. The fraction of sp³-hybridized carbons (Fsp3) is 0.400. The molecule has 60 valence electrons. The summed E-state index contributed by atoms with van der Waals surface area (Å²) in [6.07, 6.45) is 4.60. The van der Waals surface area contributed by atoms with Crippen LogP contribution in [-0.2, 0) is 0 Å². The lowest BCUT2D eigenvalue weighted by Crippen LogP contribution is -1.92. The molecule has 0 aromatic carbocycles. The minimum atomic E-state index is -0.122. The predicted octanol–water partition coefficient (Wildman–Crippen LogP) is 2.10. The maximum atomic E-state index is 8.83. The van der Waals surface area contributed by atoms with Gasteiger partial charge in [-0.1, -0.05) is 6.07 Å². The number of aromatic nitrogens is 1. The third-order valence-corrected chi connectivity index (χ3v) is 2.58. The van der Waals surface area contributed by atoms with Crippen LogP contribution in [0, 0.1) is 16.7 Å². The maximum absolute atomic E-state index is 8.83. The number of nitrogens with zero attached hydrogens (tertiary/aromatic N) is 2. The molecule has 1 aromatic rings. The van der Waals surface area contributed by atoms with Gasteiger partial charge in [-0.15, -0.1) is 0 Å². The zero-order valence-electron chi connectivity index (χ0n) is 6.99. The number of hydrogen-bond acceptors (Lipinski definition) is 2. The van der Waals surface area contributed by atoms with Gasteiger partial charge in [0.25, 0.3) is 0 Å². The highest BCUT2D eigenvalue weighted by Gasteiger charge is 2.51. The monoisotopic (exact) mass is 158 g/mol. The van der Waals surface area contributed by atoms with Crippen molar-refractivity contribution in [2.75, 3.05) is 0 Å². The van der Waals surface area contributed by atoms with Gasteiger partial charge in [-0.2, -0.15) is 5.26 Å². The van der Waals surface area contributed by atoms with E-state index in [-0.39, 0.29) is 5.41 Å². The largest absolute Gasteiger partial charge is 0.264 e. The third-order valence-electron chi connectivity index (χ3n) is 2.58. The van der Waals surface area contributed by atoms with Crippen molar-refractivity contribution in [3.8, 4) is 6.07 Å². The SMILES string of the molecule is CC1(C#N)CC1c1cccnc1. The first kappa shape index (κ1) is 7.30. The highest BCUT2D eigenvalue weighted by Crippen LogP contribution is 2.58. The highest BCUT2D eigenvalue weighted by atomic mass is 14.6. The molecule has 1 heterocycles. The van der Waals surface area contributed by atoms with E-state index in [1.807, 2.05) is 25.3 Å². The molecule has 2 unspecified atom stereocenters. The number of nitriles is 1. The molecular formula is C10H10N2. The highest BCUT2D eigenvalue weighted by molar-refractivity contribution is 5.31. The Bertz CT molecular complexity index is 325. The van der Waals surface area contributed by atoms with E-state index in [1.54, 1.807) is 6.20 Å². The molecule has 1 aliphatic carbocycles. The molecule has 1 saturated carbocycles. The fourth-order valence-corrected chi connectivity index (χ4v) is 1.56. The Hall–Kier alpha value is -1.36. The molecule has 2 nitrogen and oxygen atoms in total. The molecule has 1 aliphatic rings. The van der Waals surface area contributed by atoms with E-state index >= 15 is 0 Å². The minimum absolute atomic E-state index is 0.122. The van der Waals surface area contributed by atoms with Crippen LogP contribution in [0.5, 0.6) is 0 Å². The molecule has 1 aromatic heterocycles. The average molecular weight is 158 g/mol. The first-order valence-corrected chi connectivity index (χ1v) is 4.07. The van der Waals surface area contributed by atoms with Gasteiger partial charge >= 0.3 is 0 Å². The van der Waals surface area contributed by atoms with Gasteiger partial charge in [-0.05, 0) is 25.0 Å². The van der Waals surface area contributed by atoms with Crippen LogP contribution in [0.25, 0.3) is 0 Å². The number of hydrogen-bond donors (Lipinski definition) is 0. The molecule has 0 N–H and O–H groups in total. The van der Waals surface area contributed by atoms with Gasteiger partial charge in [-0.3, -0.25) is 4.98 Å². The summed E-state index contributed by atoms with van der Waals surface area (Å²) in [7, 11) is 0. The van der Waals surface area contributed by atoms with E-state index < -0.39 is 0 Å². The molecule has 2 atom stereocenters. The first-order chi connectivity index (χ1) is 5.76. The van der Waals surface area contributed by atoms with Gasteiger partial charge in [0.15, 0.2) is 0 Å². The van der Waals surface area contributed by atoms with Crippen LogP contribution in [0.3, 0.4) is 0 Å². The second kappa shape index (κ2) is 2.31. The van der Waals surface area contributed by atoms with E-state index in [1.165, 1.54) is 5.56 Å².